The Morgan fingerprint density at radius 1 is 1.41 bits per heavy atom. The average molecular weight is 235 g/mol. The lowest BCUT2D eigenvalue weighted by atomic mass is 10.4. The van der Waals surface area contributed by atoms with Gasteiger partial charge in [-0.1, -0.05) is 0 Å². The molecule has 4 heteroatoms. The smallest absolute Gasteiger partial charge is 0.127 e. The molecule has 94 valence electrons. The summed E-state index contributed by atoms with van der Waals surface area (Å²) in [6.45, 7) is 5.51. The van der Waals surface area contributed by atoms with E-state index in [1.807, 2.05) is 18.3 Å². The Morgan fingerprint density at radius 3 is 3.06 bits per heavy atom. The van der Waals surface area contributed by atoms with Gasteiger partial charge < -0.3 is 15.4 Å². The molecule has 0 unspecified atom stereocenters. The highest BCUT2D eigenvalue weighted by Gasteiger charge is 2.20. The number of anilines is 2. The van der Waals surface area contributed by atoms with Crippen molar-refractivity contribution in [1.82, 2.24) is 4.98 Å². The predicted octanol–water partition coefficient (Wildman–Crippen LogP) is 2.35. The molecule has 17 heavy (non-hydrogen) atoms. The molecule has 0 amide bonds. The zero-order chi connectivity index (χ0) is 11.9. The van der Waals surface area contributed by atoms with Gasteiger partial charge in [0, 0.05) is 37.6 Å². The molecule has 1 saturated carbocycles. The summed E-state index contributed by atoms with van der Waals surface area (Å²) in [6, 6.07) is 3.99. The van der Waals surface area contributed by atoms with Crippen molar-refractivity contribution < 1.29 is 4.74 Å². The quantitative estimate of drug-likeness (QED) is 0.679. The third-order valence-corrected chi connectivity index (χ3v) is 2.74. The fraction of sp³-hybridized carbons (Fsp3) is 0.615. The standard InChI is InChI=1S/C13H21N3O/c1-2-14-13-9-12(5-6-16-13)15-7-8-17-10-11-3-4-11/h5-6,9,11H,2-4,7-8,10H2,1H3,(H2,14,15,16). The van der Waals surface area contributed by atoms with Crippen LogP contribution in [0, 0.1) is 5.92 Å². The third-order valence-electron chi connectivity index (χ3n) is 2.74. The molecule has 1 aromatic heterocycles. The molecule has 0 spiro atoms. The summed E-state index contributed by atoms with van der Waals surface area (Å²) < 4.78 is 5.56. The first kappa shape index (κ1) is 12.2. The normalized spacial score (nSPS) is 14.6. The highest BCUT2D eigenvalue weighted by Crippen LogP contribution is 2.28. The Morgan fingerprint density at radius 2 is 2.29 bits per heavy atom. The highest BCUT2D eigenvalue weighted by molar-refractivity contribution is 5.51. The summed E-state index contributed by atoms with van der Waals surface area (Å²) in [7, 11) is 0. The van der Waals surface area contributed by atoms with E-state index in [1.54, 1.807) is 0 Å². The molecule has 0 bridgehead atoms. The molecule has 2 N–H and O–H groups in total. The lowest BCUT2D eigenvalue weighted by Crippen LogP contribution is -2.11. The second kappa shape index (κ2) is 6.45. The van der Waals surface area contributed by atoms with E-state index in [9.17, 15) is 0 Å². The Hall–Kier alpha value is -1.29. The minimum absolute atomic E-state index is 0.773. The topological polar surface area (TPSA) is 46.2 Å². The van der Waals surface area contributed by atoms with E-state index in [0.717, 1.165) is 43.7 Å². The highest BCUT2D eigenvalue weighted by atomic mass is 16.5. The number of nitrogens with zero attached hydrogens (tertiary/aromatic N) is 1. The molecule has 1 fully saturated rings. The second-order valence-electron chi connectivity index (χ2n) is 4.41. The maximum Gasteiger partial charge on any atom is 0.127 e. The van der Waals surface area contributed by atoms with Crippen LogP contribution in [0.25, 0.3) is 0 Å². The van der Waals surface area contributed by atoms with E-state index in [1.165, 1.54) is 12.8 Å². The SMILES string of the molecule is CCNc1cc(NCCOCC2CC2)ccn1. The monoisotopic (exact) mass is 235 g/mol. The van der Waals surface area contributed by atoms with Gasteiger partial charge in [-0.15, -0.1) is 0 Å². The van der Waals surface area contributed by atoms with Gasteiger partial charge in [-0.2, -0.15) is 0 Å². The molecule has 0 saturated heterocycles. The maximum atomic E-state index is 5.56. The number of aromatic nitrogens is 1. The van der Waals surface area contributed by atoms with Gasteiger partial charge in [0.1, 0.15) is 5.82 Å². The summed E-state index contributed by atoms with van der Waals surface area (Å²) in [5.41, 5.74) is 1.09. The molecule has 1 aliphatic rings. The lowest BCUT2D eigenvalue weighted by Gasteiger charge is -2.08. The van der Waals surface area contributed by atoms with Crippen LogP contribution in [0.15, 0.2) is 18.3 Å². The van der Waals surface area contributed by atoms with Crippen molar-refractivity contribution in [1.29, 1.82) is 0 Å². The van der Waals surface area contributed by atoms with Crippen molar-refractivity contribution in [2.45, 2.75) is 19.8 Å². The second-order valence-corrected chi connectivity index (χ2v) is 4.41. The van der Waals surface area contributed by atoms with Gasteiger partial charge in [0.15, 0.2) is 0 Å². The van der Waals surface area contributed by atoms with Crippen molar-refractivity contribution >= 4 is 11.5 Å². The van der Waals surface area contributed by atoms with Crippen molar-refractivity contribution in [3.63, 3.8) is 0 Å². The minimum Gasteiger partial charge on any atom is -0.383 e. The first-order chi connectivity index (χ1) is 8.38. The number of hydrogen-bond donors (Lipinski definition) is 2. The number of ether oxygens (including phenoxy) is 1. The molecular formula is C13H21N3O. The van der Waals surface area contributed by atoms with Crippen molar-refractivity contribution in [3.05, 3.63) is 18.3 Å². The summed E-state index contributed by atoms with van der Waals surface area (Å²) in [5, 5.41) is 6.52. The number of pyridine rings is 1. The lowest BCUT2D eigenvalue weighted by molar-refractivity contribution is 0.134. The van der Waals surface area contributed by atoms with E-state index in [-0.39, 0.29) is 0 Å². The third kappa shape index (κ3) is 4.61. The van der Waals surface area contributed by atoms with Crippen molar-refractivity contribution in [3.8, 4) is 0 Å². The molecule has 1 aliphatic carbocycles. The summed E-state index contributed by atoms with van der Waals surface area (Å²) >= 11 is 0. The van der Waals surface area contributed by atoms with E-state index < -0.39 is 0 Å². The Bertz CT molecular complexity index is 339. The van der Waals surface area contributed by atoms with Crippen LogP contribution in [0.2, 0.25) is 0 Å². The van der Waals surface area contributed by atoms with Crippen LogP contribution in [-0.4, -0.2) is 31.3 Å². The molecule has 1 aromatic rings. The zero-order valence-corrected chi connectivity index (χ0v) is 10.4. The Kier molecular flexibility index (Phi) is 4.62. The van der Waals surface area contributed by atoms with Crippen LogP contribution < -0.4 is 10.6 Å². The molecule has 0 aromatic carbocycles. The van der Waals surface area contributed by atoms with Gasteiger partial charge in [0.05, 0.1) is 6.61 Å². The van der Waals surface area contributed by atoms with Gasteiger partial charge in [0.2, 0.25) is 0 Å². The van der Waals surface area contributed by atoms with E-state index in [2.05, 4.69) is 22.5 Å². The van der Waals surface area contributed by atoms with Gasteiger partial charge in [-0.25, -0.2) is 4.98 Å². The summed E-state index contributed by atoms with van der Waals surface area (Å²) in [6.07, 6.45) is 4.51. The van der Waals surface area contributed by atoms with Crippen molar-refractivity contribution in [2.75, 3.05) is 36.9 Å². The van der Waals surface area contributed by atoms with Crippen LogP contribution in [0.3, 0.4) is 0 Å². The number of nitrogens with one attached hydrogen (secondary N) is 2. The van der Waals surface area contributed by atoms with Crippen molar-refractivity contribution in [2.24, 2.45) is 5.92 Å². The number of rotatable bonds is 8. The first-order valence-electron chi connectivity index (χ1n) is 6.40. The van der Waals surface area contributed by atoms with Gasteiger partial charge in [-0.05, 0) is 31.7 Å². The van der Waals surface area contributed by atoms with Crippen LogP contribution in [0.4, 0.5) is 11.5 Å². The molecule has 0 radical (unpaired) electrons. The fourth-order valence-electron chi connectivity index (χ4n) is 1.62. The summed E-state index contributed by atoms with van der Waals surface area (Å²) in [4.78, 5) is 4.22. The molecule has 2 rings (SSSR count). The van der Waals surface area contributed by atoms with Crippen LogP contribution >= 0.6 is 0 Å². The first-order valence-corrected chi connectivity index (χ1v) is 6.40. The van der Waals surface area contributed by atoms with Gasteiger partial charge >= 0.3 is 0 Å². The summed E-state index contributed by atoms with van der Waals surface area (Å²) in [5.74, 6) is 1.76. The molecular weight excluding hydrogens is 214 g/mol. The molecule has 0 aliphatic heterocycles. The Labute approximate surface area is 103 Å². The largest absolute Gasteiger partial charge is 0.383 e. The van der Waals surface area contributed by atoms with E-state index in [4.69, 9.17) is 4.74 Å². The van der Waals surface area contributed by atoms with E-state index in [0.29, 0.717) is 0 Å². The molecule has 1 heterocycles. The zero-order valence-electron chi connectivity index (χ0n) is 10.4. The predicted molar refractivity (Wildman–Crippen MR) is 70.4 cm³/mol. The maximum absolute atomic E-state index is 5.56. The van der Waals surface area contributed by atoms with Gasteiger partial charge in [-0.3, -0.25) is 0 Å². The van der Waals surface area contributed by atoms with Crippen LogP contribution in [0.5, 0.6) is 0 Å². The van der Waals surface area contributed by atoms with E-state index >= 15 is 0 Å². The van der Waals surface area contributed by atoms with Crippen LogP contribution in [0.1, 0.15) is 19.8 Å². The molecule has 4 nitrogen and oxygen atoms in total. The fourth-order valence-corrected chi connectivity index (χ4v) is 1.62. The van der Waals surface area contributed by atoms with Crippen LogP contribution in [-0.2, 0) is 4.74 Å². The average Bonchev–Trinajstić information content (AvgIpc) is 3.14. The minimum atomic E-state index is 0.773. The molecule has 0 atom stereocenters. The number of hydrogen-bond acceptors (Lipinski definition) is 4. The van der Waals surface area contributed by atoms with Gasteiger partial charge in [0.25, 0.3) is 0 Å². The Balaban J connectivity index is 1.64.